The predicted octanol–water partition coefficient (Wildman–Crippen LogP) is 18.9. The molecule has 516 valence electrons. The lowest BCUT2D eigenvalue weighted by molar-refractivity contribution is -0.145. The van der Waals surface area contributed by atoms with Crippen molar-refractivity contribution in [3.8, 4) is 0 Å². The summed E-state index contributed by atoms with van der Waals surface area (Å²) in [6.45, 7) is 17.9. The van der Waals surface area contributed by atoms with Crippen molar-refractivity contribution in [2.75, 3.05) is 98.9 Å². The Morgan fingerprint density at radius 2 is 0.636 bits per heavy atom. The van der Waals surface area contributed by atoms with Crippen LogP contribution >= 0.6 is 0 Å². The summed E-state index contributed by atoms with van der Waals surface area (Å²) in [7, 11) is 2.10. The number of unbranched alkanes of at least 4 members (excludes halogenated alkanes) is 34. The topological polar surface area (TPSA) is 130 Å². The van der Waals surface area contributed by atoms with E-state index in [0.717, 1.165) is 97.1 Å². The van der Waals surface area contributed by atoms with Crippen molar-refractivity contribution in [3.05, 3.63) is 36.5 Å². The number of rotatable bonds is 71. The first-order valence-corrected chi connectivity index (χ1v) is 37.8. The number of nitrogens with zero attached hydrogens (tertiary/aromatic N) is 3. The highest BCUT2D eigenvalue weighted by Gasteiger charge is 2.13. The van der Waals surface area contributed by atoms with Gasteiger partial charge in [-0.05, 0) is 129 Å². The summed E-state index contributed by atoms with van der Waals surface area (Å²) < 4.78 is 17.3. The predicted molar refractivity (Wildman–Crippen MR) is 376 cm³/mol. The molecule has 0 heterocycles. The van der Waals surface area contributed by atoms with E-state index in [-0.39, 0.29) is 23.8 Å². The molecule has 0 saturated heterocycles. The fourth-order valence-electron chi connectivity index (χ4n) is 11.1. The highest BCUT2D eigenvalue weighted by atomic mass is 16.5. The Morgan fingerprint density at radius 3 is 1.08 bits per heavy atom. The molecule has 2 N–H and O–H groups in total. The van der Waals surface area contributed by atoms with Gasteiger partial charge in [0.15, 0.2) is 0 Å². The fourth-order valence-corrected chi connectivity index (χ4v) is 11.1. The summed E-state index contributed by atoms with van der Waals surface area (Å²) in [5.41, 5.74) is 0. The third-order valence-electron chi connectivity index (χ3n) is 16.9. The average Bonchev–Trinajstić information content (AvgIpc) is 3.52. The first-order chi connectivity index (χ1) is 43.2. The second-order valence-corrected chi connectivity index (χ2v) is 25.6. The lowest BCUT2D eigenvalue weighted by Crippen LogP contribution is -2.39. The summed E-state index contributed by atoms with van der Waals surface area (Å²) in [5, 5.41) is 6.20. The Hall–Kier alpha value is -3.06. The van der Waals surface area contributed by atoms with Crippen molar-refractivity contribution >= 4 is 23.8 Å². The summed E-state index contributed by atoms with van der Waals surface area (Å²) >= 11 is 0. The Morgan fingerprint density at radius 1 is 0.295 bits per heavy atom. The van der Waals surface area contributed by atoms with Crippen LogP contribution in [-0.4, -0.2) is 137 Å². The Labute approximate surface area is 544 Å². The van der Waals surface area contributed by atoms with E-state index < -0.39 is 0 Å². The lowest BCUT2D eigenvalue weighted by atomic mass is 10.1. The summed E-state index contributed by atoms with van der Waals surface area (Å²) in [6, 6.07) is 0. The normalized spacial score (nSPS) is 11.9. The molecule has 0 aliphatic carbocycles. The van der Waals surface area contributed by atoms with E-state index in [1.807, 2.05) is 0 Å². The number of likely N-dealkylation sites (N-methyl/N-ethyl adjacent to an activating group) is 1. The average molecular weight is 1240 g/mol. The minimum Gasteiger partial charge on any atom is -0.466 e. The van der Waals surface area contributed by atoms with Crippen molar-refractivity contribution < 1.29 is 33.4 Å². The van der Waals surface area contributed by atoms with Crippen LogP contribution in [0.3, 0.4) is 0 Å². The van der Waals surface area contributed by atoms with Crippen LogP contribution in [-0.2, 0) is 33.4 Å². The molecule has 88 heavy (non-hydrogen) atoms. The number of esters is 2. The van der Waals surface area contributed by atoms with Crippen LogP contribution in [0.1, 0.15) is 329 Å². The monoisotopic (exact) mass is 1240 g/mol. The largest absolute Gasteiger partial charge is 0.466 e. The maximum atomic E-state index is 13.1. The molecule has 0 spiro atoms. The molecule has 0 saturated carbocycles. The van der Waals surface area contributed by atoms with Gasteiger partial charge in [0.25, 0.3) is 0 Å². The van der Waals surface area contributed by atoms with E-state index in [0.29, 0.717) is 91.1 Å². The van der Waals surface area contributed by atoms with Gasteiger partial charge < -0.3 is 34.6 Å². The molecular weight excluding hydrogens is 1090 g/mol. The van der Waals surface area contributed by atoms with E-state index in [2.05, 4.69) is 96.5 Å². The van der Waals surface area contributed by atoms with Gasteiger partial charge in [0.1, 0.15) is 6.61 Å². The molecule has 0 radical (unpaired) electrons. The van der Waals surface area contributed by atoms with E-state index in [1.54, 1.807) is 0 Å². The molecule has 0 atom stereocenters. The first kappa shape index (κ1) is 84.9. The van der Waals surface area contributed by atoms with Gasteiger partial charge in [-0.3, -0.25) is 24.1 Å². The minimum absolute atomic E-state index is 0.0192. The summed E-state index contributed by atoms with van der Waals surface area (Å²) in [4.78, 5) is 57.9. The van der Waals surface area contributed by atoms with E-state index in [9.17, 15) is 19.2 Å². The molecule has 12 nitrogen and oxygen atoms in total. The van der Waals surface area contributed by atoms with Crippen LogP contribution in [0, 0.1) is 0 Å². The highest BCUT2D eigenvalue weighted by molar-refractivity contribution is 5.76. The number of carbonyl (C=O) groups excluding carboxylic acids is 4. The molecule has 0 aromatic carbocycles. The Balaban J connectivity index is 4.52. The maximum absolute atomic E-state index is 13.1. The quantitative estimate of drug-likeness (QED) is 0.0345. The van der Waals surface area contributed by atoms with Gasteiger partial charge in [-0.2, -0.15) is 0 Å². The Bertz CT molecular complexity index is 1590. The molecule has 0 fully saturated rings. The summed E-state index contributed by atoms with van der Waals surface area (Å²) in [6.07, 6.45) is 68.6. The van der Waals surface area contributed by atoms with Gasteiger partial charge in [-0.25, -0.2) is 0 Å². The molecule has 12 heteroatoms. The molecular formula is C76H145N5O7. The number of allylic oxidation sites excluding steroid dienone is 6. The van der Waals surface area contributed by atoms with Gasteiger partial charge in [-0.15, -0.1) is 0 Å². The van der Waals surface area contributed by atoms with Crippen LogP contribution in [0.4, 0.5) is 0 Å². The standard InChI is InChI=1S/C76H145N5O7/c1-6-10-13-16-19-22-25-28-31-34-37-40-43-46-49-52-69-86-70-53-62-79(5)66-59-77-73(82)57-64-80(61-9-4)65-58-74(83)78-60-67-81(68-72-88-76(85)56-51-48-45-42-39-36-33-30-27-24-21-18-15-12-8-3)63-54-71-87-75(84)55-50-47-44-41-38-35-32-29-26-23-20-17-14-11-7-2/h21,24,28-29,31-32H,6-20,22-23,25-27,30,33-72H2,1-5H3,(H,77,82)(H,78,83)/b24-21-,31-28-,32-29-. The number of nitrogens with one attached hydrogen (secondary N) is 2. The second-order valence-electron chi connectivity index (χ2n) is 25.6. The zero-order chi connectivity index (χ0) is 64.0. The molecule has 0 aliphatic heterocycles. The van der Waals surface area contributed by atoms with Gasteiger partial charge >= 0.3 is 11.9 Å². The van der Waals surface area contributed by atoms with Crippen LogP contribution in [0.2, 0.25) is 0 Å². The second kappa shape index (κ2) is 71.4. The SMILES string of the molecule is CCCCC/C=C\CCCCCCCCCCC(=O)OCCN(CCCOC(=O)CCCCCCC/C=C\CCCCCCCC)CCNC(=O)CCN(CCC)CCC(=O)NCCN(C)CCCOCCCCCCCC/C=C\CCCCCCCC. The number of ether oxygens (including phenoxy) is 3. The zero-order valence-corrected chi connectivity index (χ0v) is 58.8. The van der Waals surface area contributed by atoms with E-state index in [1.165, 1.54) is 205 Å². The first-order valence-electron chi connectivity index (χ1n) is 37.8. The lowest BCUT2D eigenvalue weighted by Gasteiger charge is -2.23. The number of amides is 2. The van der Waals surface area contributed by atoms with Crippen molar-refractivity contribution in [2.24, 2.45) is 0 Å². The smallest absolute Gasteiger partial charge is 0.305 e. The van der Waals surface area contributed by atoms with Crippen molar-refractivity contribution in [1.82, 2.24) is 25.3 Å². The van der Waals surface area contributed by atoms with Crippen LogP contribution in [0.5, 0.6) is 0 Å². The van der Waals surface area contributed by atoms with Crippen LogP contribution in [0.25, 0.3) is 0 Å². The van der Waals surface area contributed by atoms with Crippen molar-refractivity contribution in [3.63, 3.8) is 0 Å². The molecule has 0 aliphatic rings. The van der Waals surface area contributed by atoms with Gasteiger partial charge in [0.05, 0.1) is 6.61 Å². The maximum Gasteiger partial charge on any atom is 0.305 e. The molecule has 0 aromatic heterocycles. The van der Waals surface area contributed by atoms with E-state index in [4.69, 9.17) is 14.2 Å². The van der Waals surface area contributed by atoms with Crippen molar-refractivity contribution in [2.45, 2.75) is 329 Å². The summed E-state index contributed by atoms with van der Waals surface area (Å²) in [5.74, 6) is -0.262. The van der Waals surface area contributed by atoms with Gasteiger partial charge in [-0.1, -0.05) is 225 Å². The van der Waals surface area contributed by atoms with Crippen molar-refractivity contribution in [1.29, 1.82) is 0 Å². The fraction of sp³-hybridized carbons (Fsp3) is 0.868. The van der Waals surface area contributed by atoms with Crippen LogP contribution in [0.15, 0.2) is 36.5 Å². The molecule has 2 amide bonds. The molecule has 0 rings (SSSR count). The third-order valence-corrected chi connectivity index (χ3v) is 16.9. The van der Waals surface area contributed by atoms with Gasteiger partial charge in [0, 0.05) is 97.8 Å². The number of hydrogen-bond acceptors (Lipinski definition) is 10. The zero-order valence-electron chi connectivity index (χ0n) is 58.8. The Kier molecular flexibility index (Phi) is 68.9. The highest BCUT2D eigenvalue weighted by Crippen LogP contribution is 2.15. The third kappa shape index (κ3) is 67.3. The molecule has 0 unspecified atom stereocenters. The molecule has 0 bridgehead atoms. The number of hydrogen-bond donors (Lipinski definition) is 2. The molecule has 0 aromatic rings. The minimum atomic E-state index is -0.149. The van der Waals surface area contributed by atoms with Crippen LogP contribution < -0.4 is 10.6 Å². The number of carbonyl (C=O) groups is 4. The van der Waals surface area contributed by atoms with Gasteiger partial charge in [0.2, 0.25) is 11.8 Å². The van der Waals surface area contributed by atoms with E-state index >= 15 is 0 Å².